The van der Waals surface area contributed by atoms with Gasteiger partial charge in [0.05, 0.1) is 17.3 Å². The van der Waals surface area contributed by atoms with Gasteiger partial charge in [-0.1, -0.05) is 6.07 Å². The lowest BCUT2D eigenvalue weighted by molar-refractivity contribution is 0.0734. The van der Waals surface area contributed by atoms with Crippen LogP contribution in [0.5, 0.6) is 5.75 Å². The first-order chi connectivity index (χ1) is 13.5. The molecule has 3 rings (SSSR count). The summed E-state index contributed by atoms with van der Waals surface area (Å²) in [5.74, 6) is -1.26. The van der Waals surface area contributed by atoms with E-state index >= 15 is 0 Å². The molecule has 0 saturated carbocycles. The summed E-state index contributed by atoms with van der Waals surface area (Å²) in [5.41, 5.74) is 3.56. The van der Waals surface area contributed by atoms with Crippen LogP contribution in [0.1, 0.15) is 26.3 Å². The normalized spacial score (nSPS) is 10.6. The predicted octanol–water partition coefficient (Wildman–Crippen LogP) is 3.97. The van der Waals surface area contributed by atoms with E-state index in [1.807, 2.05) is 0 Å². The summed E-state index contributed by atoms with van der Waals surface area (Å²) in [6, 6.07) is 13.3. The van der Waals surface area contributed by atoms with Crippen molar-refractivity contribution in [2.45, 2.75) is 0 Å². The number of hydrogen-bond acceptors (Lipinski definition) is 5. The monoisotopic (exact) mass is 441 g/mol. The number of aromatic nitrogens is 1. The summed E-state index contributed by atoms with van der Waals surface area (Å²) >= 11 is 3.24. The second-order valence-corrected chi connectivity index (χ2v) is 6.48. The Bertz CT molecular complexity index is 1040. The van der Waals surface area contributed by atoms with Gasteiger partial charge in [0, 0.05) is 16.9 Å². The topological polar surface area (TPSA) is 80.6 Å². The standard InChI is InChI=1S/C20H13BrFN3O3/c21-16-8-15(11-23-12-16)19(26)25-24-10-13-4-6-18(7-5-13)28-20(27)14-2-1-3-17(22)9-14/h1-12H,(H,25,26)/b24-10+. The number of hydrazone groups is 1. The molecular formula is C20H13BrFN3O3. The molecule has 0 aliphatic heterocycles. The van der Waals surface area contributed by atoms with Crippen LogP contribution in [0.3, 0.4) is 0 Å². The van der Waals surface area contributed by atoms with E-state index in [-0.39, 0.29) is 5.56 Å². The molecule has 1 amide bonds. The van der Waals surface area contributed by atoms with Crippen molar-refractivity contribution in [3.63, 3.8) is 0 Å². The Morgan fingerprint density at radius 1 is 1.07 bits per heavy atom. The number of carbonyl (C=O) groups is 2. The van der Waals surface area contributed by atoms with Crippen LogP contribution in [-0.4, -0.2) is 23.1 Å². The number of nitrogens with zero attached hydrogens (tertiary/aromatic N) is 2. The zero-order valence-corrected chi connectivity index (χ0v) is 15.9. The maximum Gasteiger partial charge on any atom is 0.343 e. The molecule has 2 aromatic carbocycles. The molecule has 0 bridgehead atoms. The fourth-order valence-electron chi connectivity index (χ4n) is 2.17. The molecule has 28 heavy (non-hydrogen) atoms. The van der Waals surface area contributed by atoms with Gasteiger partial charge in [0.25, 0.3) is 5.91 Å². The minimum atomic E-state index is -0.657. The van der Waals surface area contributed by atoms with Crippen molar-refractivity contribution in [1.82, 2.24) is 10.4 Å². The van der Waals surface area contributed by atoms with Gasteiger partial charge in [-0.2, -0.15) is 5.10 Å². The average molecular weight is 442 g/mol. The number of nitrogens with one attached hydrogen (secondary N) is 1. The number of hydrogen-bond donors (Lipinski definition) is 1. The third kappa shape index (κ3) is 5.31. The Kier molecular flexibility index (Phi) is 6.23. The fraction of sp³-hybridized carbons (Fsp3) is 0. The number of halogens is 2. The van der Waals surface area contributed by atoms with Crippen molar-refractivity contribution in [2.75, 3.05) is 0 Å². The van der Waals surface area contributed by atoms with Gasteiger partial charge in [0.2, 0.25) is 0 Å². The molecule has 140 valence electrons. The molecule has 0 unspecified atom stereocenters. The summed E-state index contributed by atoms with van der Waals surface area (Å²) in [6.07, 6.45) is 4.45. The average Bonchev–Trinajstić information content (AvgIpc) is 2.69. The first-order valence-corrected chi connectivity index (χ1v) is 8.82. The number of amides is 1. The predicted molar refractivity (Wildman–Crippen MR) is 105 cm³/mol. The van der Waals surface area contributed by atoms with Crippen LogP contribution in [0, 0.1) is 5.82 Å². The smallest absolute Gasteiger partial charge is 0.343 e. The number of carbonyl (C=O) groups excluding carboxylic acids is 2. The van der Waals surface area contributed by atoms with Crippen LogP contribution in [0.2, 0.25) is 0 Å². The maximum absolute atomic E-state index is 13.2. The third-order valence-electron chi connectivity index (χ3n) is 3.50. The van der Waals surface area contributed by atoms with Crippen molar-refractivity contribution in [3.8, 4) is 5.75 Å². The lowest BCUT2D eigenvalue weighted by Gasteiger charge is -2.04. The largest absolute Gasteiger partial charge is 0.423 e. The fourth-order valence-corrected chi connectivity index (χ4v) is 2.53. The molecule has 0 saturated heterocycles. The zero-order chi connectivity index (χ0) is 19.9. The molecule has 0 aliphatic rings. The van der Waals surface area contributed by atoms with E-state index in [1.165, 1.54) is 30.6 Å². The quantitative estimate of drug-likeness (QED) is 0.281. The maximum atomic E-state index is 13.2. The Morgan fingerprint density at radius 2 is 1.86 bits per heavy atom. The lowest BCUT2D eigenvalue weighted by atomic mass is 10.2. The van der Waals surface area contributed by atoms with Gasteiger partial charge in [0.1, 0.15) is 11.6 Å². The highest BCUT2D eigenvalue weighted by atomic mass is 79.9. The van der Waals surface area contributed by atoms with E-state index in [0.29, 0.717) is 21.3 Å². The summed E-state index contributed by atoms with van der Waals surface area (Å²) in [4.78, 5) is 27.8. The molecule has 0 atom stereocenters. The Labute approximate surface area is 168 Å². The van der Waals surface area contributed by atoms with E-state index in [4.69, 9.17) is 4.74 Å². The molecule has 3 aromatic rings. The molecule has 0 fully saturated rings. The SMILES string of the molecule is O=C(N/N=C/c1ccc(OC(=O)c2cccc(F)c2)cc1)c1cncc(Br)c1. The van der Waals surface area contributed by atoms with E-state index in [9.17, 15) is 14.0 Å². The van der Waals surface area contributed by atoms with Crippen LogP contribution in [0.4, 0.5) is 4.39 Å². The zero-order valence-electron chi connectivity index (χ0n) is 14.3. The highest BCUT2D eigenvalue weighted by Crippen LogP contribution is 2.14. The third-order valence-corrected chi connectivity index (χ3v) is 3.93. The number of esters is 1. The van der Waals surface area contributed by atoms with Crippen LogP contribution < -0.4 is 10.2 Å². The summed E-state index contributed by atoms with van der Waals surface area (Å²) in [7, 11) is 0. The van der Waals surface area contributed by atoms with E-state index < -0.39 is 17.7 Å². The molecule has 8 heteroatoms. The number of pyridine rings is 1. The summed E-state index contributed by atoms with van der Waals surface area (Å²) in [5, 5.41) is 3.88. The lowest BCUT2D eigenvalue weighted by Crippen LogP contribution is -2.17. The highest BCUT2D eigenvalue weighted by molar-refractivity contribution is 9.10. The van der Waals surface area contributed by atoms with Crippen molar-refractivity contribution >= 4 is 34.0 Å². The second kappa shape index (κ2) is 9.01. The van der Waals surface area contributed by atoms with Crippen molar-refractivity contribution in [2.24, 2.45) is 5.10 Å². The van der Waals surface area contributed by atoms with Gasteiger partial charge in [-0.15, -0.1) is 0 Å². The summed E-state index contributed by atoms with van der Waals surface area (Å²) in [6.45, 7) is 0. The molecule has 1 heterocycles. The Hall–Kier alpha value is -3.39. The van der Waals surface area contributed by atoms with Gasteiger partial charge in [-0.3, -0.25) is 9.78 Å². The van der Waals surface area contributed by atoms with E-state index in [1.54, 1.807) is 36.5 Å². The van der Waals surface area contributed by atoms with Gasteiger partial charge >= 0.3 is 5.97 Å². The minimum Gasteiger partial charge on any atom is -0.423 e. The first kappa shape index (κ1) is 19.4. The first-order valence-electron chi connectivity index (χ1n) is 8.03. The van der Waals surface area contributed by atoms with Crippen LogP contribution >= 0.6 is 15.9 Å². The highest BCUT2D eigenvalue weighted by Gasteiger charge is 2.09. The molecule has 1 aromatic heterocycles. The number of benzene rings is 2. The van der Waals surface area contributed by atoms with Gasteiger partial charge in [-0.25, -0.2) is 14.6 Å². The molecule has 0 spiro atoms. The molecule has 1 N–H and O–H groups in total. The Morgan fingerprint density at radius 3 is 2.57 bits per heavy atom. The summed E-state index contributed by atoms with van der Waals surface area (Å²) < 4.78 is 19.0. The van der Waals surface area contributed by atoms with Crippen LogP contribution in [0.25, 0.3) is 0 Å². The minimum absolute atomic E-state index is 0.121. The van der Waals surface area contributed by atoms with Gasteiger partial charge in [0.15, 0.2) is 0 Å². The molecule has 0 aliphatic carbocycles. The van der Waals surface area contributed by atoms with Crippen molar-refractivity contribution in [1.29, 1.82) is 0 Å². The molecular weight excluding hydrogens is 429 g/mol. The number of rotatable bonds is 5. The van der Waals surface area contributed by atoms with Crippen molar-refractivity contribution < 1.29 is 18.7 Å². The molecule has 0 radical (unpaired) electrons. The second-order valence-electron chi connectivity index (χ2n) is 5.56. The Balaban J connectivity index is 1.57. The van der Waals surface area contributed by atoms with Crippen molar-refractivity contribution in [3.05, 3.63) is 94.0 Å². The molecule has 6 nitrogen and oxygen atoms in total. The number of ether oxygens (including phenoxy) is 1. The van der Waals surface area contributed by atoms with Gasteiger partial charge in [-0.05, 0) is 70.0 Å². The van der Waals surface area contributed by atoms with Gasteiger partial charge < -0.3 is 4.74 Å². The van der Waals surface area contributed by atoms with Crippen LogP contribution in [-0.2, 0) is 0 Å². The van der Waals surface area contributed by atoms with Crippen LogP contribution in [0.15, 0.2) is 76.6 Å². The van der Waals surface area contributed by atoms with E-state index in [2.05, 4.69) is 31.4 Å². The van der Waals surface area contributed by atoms with E-state index in [0.717, 1.165) is 6.07 Å².